The summed E-state index contributed by atoms with van der Waals surface area (Å²) in [6.07, 6.45) is 0. The van der Waals surface area contributed by atoms with Crippen molar-refractivity contribution < 1.29 is 19.2 Å². The Balaban J connectivity index is 1.51. The predicted molar refractivity (Wildman–Crippen MR) is 83.1 cm³/mol. The summed E-state index contributed by atoms with van der Waals surface area (Å²) in [6.45, 7) is 1.18. The zero-order valence-electron chi connectivity index (χ0n) is 12.0. The molecule has 2 aromatic carbocycles. The number of hydrogen-bond acceptors (Lipinski definition) is 4. The van der Waals surface area contributed by atoms with Gasteiger partial charge in [0, 0.05) is 5.56 Å². The van der Waals surface area contributed by atoms with Crippen molar-refractivity contribution in [1.82, 2.24) is 5.32 Å². The molecule has 0 aliphatic carbocycles. The summed E-state index contributed by atoms with van der Waals surface area (Å²) < 4.78 is 10.6. The molecular weight excluding hydrogens is 281 g/mol. The van der Waals surface area contributed by atoms with E-state index in [9.17, 15) is 9.82 Å². The molecule has 3 rings (SSSR count). The molecule has 0 spiro atoms. The highest BCUT2D eigenvalue weighted by Gasteiger charge is 2.27. The molecule has 0 unspecified atom stereocenters. The van der Waals surface area contributed by atoms with Crippen LogP contribution < -0.4 is 15.5 Å². The summed E-state index contributed by atoms with van der Waals surface area (Å²) in [5, 5.41) is 12.4. The SMILES string of the molecule is O=C(NCCOc1ccccc1)c1ccc2c(c1)B(O)OC2. The minimum absolute atomic E-state index is 0.196. The molecule has 5 nitrogen and oxygen atoms in total. The molecule has 6 heteroatoms. The Morgan fingerprint density at radius 1 is 1.27 bits per heavy atom. The van der Waals surface area contributed by atoms with Crippen LogP contribution in [0.4, 0.5) is 0 Å². The van der Waals surface area contributed by atoms with Crippen LogP contribution in [-0.4, -0.2) is 31.2 Å². The standard InChI is InChI=1S/C16H16BNO4/c19-16(18-8-9-21-14-4-2-1-3-5-14)12-6-7-13-11-22-17(20)15(13)10-12/h1-7,10,20H,8-9,11H2,(H,18,19). The molecule has 0 radical (unpaired) electrons. The van der Waals surface area contributed by atoms with Crippen molar-refractivity contribution in [3.8, 4) is 5.75 Å². The van der Waals surface area contributed by atoms with Gasteiger partial charge in [0.1, 0.15) is 12.4 Å². The first-order chi connectivity index (χ1) is 10.7. The quantitative estimate of drug-likeness (QED) is 0.630. The summed E-state index contributed by atoms with van der Waals surface area (Å²) in [5.74, 6) is 0.577. The van der Waals surface area contributed by atoms with Crippen LogP contribution in [0.1, 0.15) is 15.9 Å². The van der Waals surface area contributed by atoms with E-state index in [1.54, 1.807) is 18.2 Å². The lowest BCUT2D eigenvalue weighted by atomic mass is 9.79. The van der Waals surface area contributed by atoms with Gasteiger partial charge >= 0.3 is 7.12 Å². The topological polar surface area (TPSA) is 67.8 Å². The number of ether oxygens (including phenoxy) is 1. The molecule has 22 heavy (non-hydrogen) atoms. The fourth-order valence-electron chi connectivity index (χ4n) is 2.31. The molecule has 0 saturated heterocycles. The van der Waals surface area contributed by atoms with Gasteiger partial charge in [0.05, 0.1) is 13.2 Å². The maximum absolute atomic E-state index is 12.1. The zero-order valence-corrected chi connectivity index (χ0v) is 12.0. The summed E-state index contributed by atoms with van der Waals surface area (Å²) in [5.41, 5.74) is 2.08. The van der Waals surface area contributed by atoms with Crippen LogP contribution in [0.25, 0.3) is 0 Å². The van der Waals surface area contributed by atoms with Crippen LogP contribution >= 0.6 is 0 Å². The Morgan fingerprint density at radius 3 is 2.91 bits per heavy atom. The van der Waals surface area contributed by atoms with Crippen molar-refractivity contribution in [2.45, 2.75) is 6.61 Å². The highest BCUT2D eigenvalue weighted by molar-refractivity contribution is 6.61. The summed E-state index contributed by atoms with van der Waals surface area (Å²) in [4.78, 5) is 12.1. The van der Waals surface area contributed by atoms with Crippen LogP contribution in [0.3, 0.4) is 0 Å². The van der Waals surface area contributed by atoms with Crippen LogP contribution in [0, 0.1) is 0 Å². The van der Waals surface area contributed by atoms with Gasteiger partial charge in [0.25, 0.3) is 5.91 Å². The number of fused-ring (bicyclic) bond motifs is 1. The van der Waals surface area contributed by atoms with Crippen molar-refractivity contribution in [3.05, 3.63) is 59.7 Å². The summed E-state index contributed by atoms with van der Waals surface area (Å²) in [7, 11) is -0.941. The number of benzene rings is 2. The minimum Gasteiger partial charge on any atom is -0.492 e. The molecule has 2 N–H and O–H groups in total. The van der Waals surface area contributed by atoms with Gasteiger partial charge in [-0.25, -0.2) is 0 Å². The largest absolute Gasteiger partial charge is 0.492 e. The van der Waals surface area contributed by atoms with Gasteiger partial charge in [-0.05, 0) is 35.3 Å². The first-order valence-corrected chi connectivity index (χ1v) is 7.12. The van der Waals surface area contributed by atoms with Crippen molar-refractivity contribution in [1.29, 1.82) is 0 Å². The smallest absolute Gasteiger partial charge is 0.491 e. The van der Waals surface area contributed by atoms with Crippen molar-refractivity contribution in [2.24, 2.45) is 0 Å². The van der Waals surface area contributed by atoms with Gasteiger partial charge in [-0.1, -0.05) is 24.3 Å². The van der Waals surface area contributed by atoms with Gasteiger partial charge in [0.2, 0.25) is 0 Å². The first kappa shape index (κ1) is 14.6. The Hall–Kier alpha value is -2.31. The van der Waals surface area contributed by atoms with E-state index in [2.05, 4.69) is 5.32 Å². The highest BCUT2D eigenvalue weighted by atomic mass is 16.5. The third kappa shape index (κ3) is 3.29. The molecule has 0 atom stereocenters. The molecule has 112 valence electrons. The van der Waals surface area contributed by atoms with Crippen molar-refractivity contribution >= 4 is 18.5 Å². The Labute approximate surface area is 129 Å². The zero-order chi connectivity index (χ0) is 15.4. The lowest BCUT2D eigenvalue weighted by Gasteiger charge is -2.08. The second-order valence-electron chi connectivity index (χ2n) is 4.99. The molecule has 1 amide bonds. The third-order valence-corrected chi connectivity index (χ3v) is 3.47. The van der Waals surface area contributed by atoms with Crippen LogP contribution in [0.15, 0.2) is 48.5 Å². The minimum atomic E-state index is -0.941. The van der Waals surface area contributed by atoms with E-state index in [4.69, 9.17) is 9.39 Å². The Kier molecular flexibility index (Phi) is 4.41. The molecule has 0 aromatic heterocycles. The normalized spacial score (nSPS) is 12.9. The predicted octanol–water partition coefficient (Wildman–Crippen LogP) is 0.713. The lowest BCUT2D eigenvalue weighted by molar-refractivity contribution is 0.0947. The van der Waals surface area contributed by atoms with E-state index in [-0.39, 0.29) is 5.91 Å². The van der Waals surface area contributed by atoms with Gasteiger partial charge in [0.15, 0.2) is 0 Å². The molecule has 1 aliphatic heterocycles. The molecule has 0 bridgehead atoms. The highest BCUT2D eigenvalue weighted by Crippen LogP contribution is 2.11. The summed E-state index contributed by atoms with van der Waals surface area (Å²) >= 11 is 0. The fourth-order valence-corrected chi connectivity index (χ4v) is 2.31. The third-order valence-electron chi connectivity index (χ3n) is 3.47. The molecular formula is C16H16BNO4. The van der Waals surface area contributed by atoms with E-state index in [1.807, 2.05) is 30.3 Å². The van der Waals surface area contributed by atoms with Crippen LogP contribution in [-0.2, 0) is 11.3 Å². The molecule has 0 saturated carbocycles. The summed E-state index contributed by atoms with van der Waals surface area (Å²) in [6, 6.07) is 14.6. The van der Waals surface area contributed by atoms with Gasteiger partial charge in [-0.3, -0.25) is 4.79 Å². The number of carbonyl (C=O) groups is 1. The lowest BCUT2D eigenvalue weighted by Crippen LogP contribution is -2.32. The Bertz CT molecular complexity index is 662. The van der Waals surface area contributed by atoms with Gasteiger partial charge in [-0.15, -0.1) is 0 Å². The van der Waals surface area contributed by atoms with E-state index >= 15 is 0 Å². The van der Waals surface area contributed by atoms with Gasteiger partial charge < -0.3 is 19.7 Å². The number of para-hydroxylation sites is 1. The van der Waals surface area contributed by atoms with Crippen LogP contribution in [0.5, 0.6) is 5.75 Å². The number of nitrogens with one attached hydrogen (secondary N) is 1. The average molecular weight is 297 g/mol. The molecule has 2 aromatic rings. The fraction of sp³-hybridized carbons (Fsp3) is 0.188. The maximum Gasteiger partial charge on any atom is 0.491 e. The number of hydrogen-bond donors (Lipinski definition) is 2. The van der Waals surface area contributed by atoms with Crippen molar-refractivity contribution in [2.75, 3.05) is 13.2 Å². The first-order valence-electron chi connectivity index (χ1n) is 7.12. The van der Waals surface area contributed by atoms with E-state index in [1.165, 1.54) is 0 Å². The van der Waals surface area contributed by atoms with E-state index < -0.39 is 7.12 Å². The molecule has 1 heterocycles. The van der Waals surface area contributed by atoms with E-state index in [0.717, 1.165) is 11.3 Å². The number of carbonyl (C=O) groups excluding carboxylic acids is 1. The second-order valence-corrected chi connectivity index (χ2v) is 4.99. The second kappa shape index (κ2) is 6.64. The number of amides is 1. The van der Waals surface area contributed by atoms with Crippen LogP contribution in [0.2, 0.25) is 0 Å². The van der Waals surface area contributed by atoms with E-state index in [0.29, 0.717) is 30.8 Å². The average Bonchev–Trinajstić information content (AvgIpc) is 2.93. The maximum atomic E-state index is 12.1. The monoisotopic (exact) mass is 297 g/mol. The number of rotatable bonds is 5. The van der Waals surface area contributed by atoms with Gasteiger partial charge in [-0.2, -0.15) is 0 Å². The Morgan fingerprint density at radius 2 is 2.09 bits per heavy atom. The molecule has 1 aliphatic rings. The van der Waals surface area contributed by atoms with Crippen molar-refractivity contribution in [3.63, 3.8) is 0 Å². The molecule has 0 fully saturated rings.